The highest BCUT2D eigenvalue weighted by Crippen LogP contribution is 2.34. The number of benzene rings is 1. The van der Waals surface area contributed by atoms with Crippen molar-refractivity contribution in [3.8, 4) is 17.6 Å². The van der Waals surface area contributed by atoms with Crippen LogP contribution in [0.1, 0.15) is 37.7 Å². The second kappa shape index (κ2) is 10.2. The second-order valence-electron chi connectivity index (χ2n) is 8.88. The first-order valence-corrected chi connectivity index (χ1v) is 11.8. The standard InChI is InChI=1S/C25H29N5O5/c1-29(16-8-5-6-9-16)23-20-24(30(15-26-20)25-22(33)21(32)18(14-31)35-25)28-19(27-23)12-7-13-34-17-10-3-2-4-11-17/h2-4,10-11,15-16,18,21-22,25,31-33H,5-6,8-9,13-14H2,1H3/t18-,21-,22-,25-/m1/s1. The van der Waals surface area contributed by atoms with Gasteiger partial charge in [-0.25, -0.2) is 15.0 Å². The molecule has 1 saturated heterocycles. The Morgan fingerprint density at radius 2 is 1.91 bits per heavy atom. The van der Waals surface area contributed by atoms with E-state index in [0.29, 0.717) is 28.8 Å². The highest BCUT2D eigenvalue weighted by Gasteiger charge is 2.44. The first kappa shape index (κ1) is 23.5. The van der Waals surface area contributed by atoms with Crippen molar-refractivity contribution in [1.29, 1.82) is 0 Å². The summed E-state index contributed by atoms with van der Waals surface area (Å²) in [6, 6.07) is 9.76. The molecule has 5 rings (SSSR count). The molecule has 2 aliphatic rings. The van der Waals surface area contributed by atoms with Crippen LogP contribution in [0.2, 0.25) is 0 Å². The Labute approximate surface area is 203 Å². The van der Waals surface area contributed by atoms with Gasteiger partial charge >= 0.3 is 0 Å². The molecule has 1 saturated carbocycles. The fraction of sp³-hybridized carbons (Fsp3) is 0.480. The maximum atomic E-state index is 10.6. The Kier molecular flexibility index (Phi) is 6.83. The van der Waals surface area contributed by atoms with Crippen LogP contribution in [0.3, 0.4) is 0 Å². The highest BCUT2D eigenvalue weighted by atomic mass is 16.6. The van der Waals surface area contributed by atoms with E-state index >= 15 is 0 Å². The number of hydrogen-bond acceptors (Lipinski definition) is 9. The van der Waals surface area contributed by atoms with Gasteiger partial charge in [-0.1, -0.05) is 37.0 Å². The lowest BCUT2D eigenvalue weighted by Crippen LogP contribution is -2.33. The van der Waals surface area contributed by atoms with Crippen LogP contribution in [-0.4, -0.2) is 79.5 Å². The molecule has 3 heterocycles. The Hall–Kier alpha value is -3.23. The Balaban J connectivity index is 1.49. The summed E-state index contributed by atoms with van der Waals surface area (Å²) in [6.45, 7) is -0.239. The number of rotatable bonds is 6. The van der Waals surface area contributed by atoms with Crippen LogP contribution < -0.4 is 9.64 Å². The van der Waals surface area contributed by atoms with Gasteiger partial charge in [0.25, 0.3) is 0 Å². The zero-order valence-electron chi connectivity index (χ0n) is 19.5. The van der Waals surface area contributed by atoms with E-state index in [4.69, 9.17) is 14.5 Å². The molecular weight excluding hydrogens is 450 g/mol. The normalized spacial score (nSPS) is 24.5. The van der Waals surface area contributed by atoms with Gasteiger partial charge < -0.3 is 29.7 Å². The molecule has 0 unspecified atom stereocenters. The smallest absolute Gasteiger partial charge is 0.209 e. The van der Waals surface area contributed by atoms with Crippen LogP contribution in [0.4, 0.5) is 5.82 Å². The van der Waals surface area contributed by atoms with Gasteiger partial charge in [-0.2, -0.15) is 0 Å². The first-order chi connectivity index (χ1) is 17.1. The monoisotopic (exact) mass is 479 g/mol. The summed E-state index contributed by atoms with van der Waals surface area (Å²) in [4.78, 5) is 16.0. The van der Waals surface area contributed by atoms with Gasteiger partial charge in [0, 0.05) is 13.1 Å². The van der Waals surface area contributed by atoms with E-state index in [-0.39, 0.29) is 6.61 Å². The maximum absolute atomic E-state index is 10.6. The van der Waals surface area contributed by atoms with Gasteiger partial charge in [0.15, 0.2) is 23.2 Å². The highest BCUT2D eigenvalue weighted by molar-refractivity contribution is 5.84. The summed E-state index contributed by atoms with van der Waals surface area (Å²) in [6.07, 6.45) is 1.68. The minimum absolute atomic E-state index is 0.174. The van der Waals surface area contributed by atoms with Crippen molar-refractivity contribution in [2.75, 3.05) is 25.2 Å². The molecule has 0 bridgehead atoms. The summed E-state index contributed by atoms with van der Waals surface area (Å²) in [7, 11) is 2.00. The van der Waals surface area contributed by atoms with E-state index in [2.05, 4.69) is 26.7 Å². The zero-order valence-corrected chi connectivity index (χ0v) is 19.5. The van der Waals surface area contributed by atoms with Gasteiger partial charge in [0.2, 0.25) is 5.82 Å². The number of aliphatic hydroxyl groups excluding tert-OH is 3. The van der Waals surface area contributed by atoms with Crippen LogP contribution >= 0.6 is 0 Å². The van der Waals surface area contributed by atoms with E-state index in [9.17, 15) is 15.3 Å². The van der Waals surface area contributed by atoms with Crippen LogP contribution in [-0.2, 0) is 4.74 Å². The number of fused-ring (bicyclic) bond motifs is 1. The fourth-order valence-corrected chi connectivity index (χ4v) is 4.72. The van der Waals surface area contributed by atoms with Gasteiger partial charge in [0.1, 0.15) is 30.7 Å². The number of hydrogen-bond donors (Lipinski definition) is 3. The van der Waals surface area contributed by atoms with Crippen molar-refractivity contribution in [2.45, 2.75) is 56.3 Å². The fourth-order valence-electron chi connectivity index (χ4n) is 4.72. The zero-order chi connectivity index (χ0) is 24.4. The first-order valence-electron chi connectivity index (χ1n) is 11.8. The number of aliphatic hydroxyl groups is 3. The third-order valence-corrected chi connectivity index (χ3v) is 6.66. The molecule has 2 aromatic heterocycles. The van der Waals surface area contributed by atoms with E-state index in [0.717, 1.165) is 18.6 Å². The topological polar surface area (TPSA) is 126 Å². The molecule has 3 aromatic rings. The molecule has 3 N–H and O–H groups in total. The number of ether oxygens (including phenoxy) is 2. The van der Waals surface area contributed by atoms with Crippen LogP contribution in [0.5, 0.6) is 5.75 Å². The molecule has 4 atom stereocenters. The summed E-state index contributed by atoms with van der Waals surface area (Å²) in [5, 5.41) is 30.3. The van der Waals surface area contributed by atoms with Gasteiger partial charge in [-0.3, -0.25) is 4.57 Å². The number of nitrogens with zero attached hydrogens (tertiary/aromatic N) is 5. The molecule has 10 nitrogen and oxygen atoms in total. The molecular formula is C25H29N5O5. The van der Waals surface area contributed by atoms with Crippen molar-refractivity contribution < 1.29 is 24.8 Å². The summed E-state index contributed by atoms with van der Waals surface area (Å²) < 4.78 is 12.9. The lowest BCUT2D eigenvalue weighted by atomic mass is 10.1. The molecule has 10 heteroatoms. The quantitative estimate of drug-likeness (QED) is 0.448. The molecule has 1 aromatic carbocycles. The molecule has 0 spiro atoms. The molecule has 0 amide bonds. The van der Waals surface area contributed by atoms with Crippen molar-refractivity contribution in [1.82, 2.24) is 19.5 Å². The van der Waals surface area contributed by atoms with Crippen molar-refractivity contribution in [3.63, 3.8) is 0 Å². The van der Waals surface area contributed by atoms with Gasteiger partial charge in [-0.15, -0.1) is 0 Å². The predicted molar refractivity (Wildman–Crippen MR) is 128 cm³/mol. The molecule has 184 valence electrons. The van der Waals surface area contributed by atoms with E-state index < -0.39 is 31.1 Å². The Morgan fingerprint density at radius 3 is 2.63 bits per heavy atom. The average Bonchev–Trinajstić information content (AvgIpc) is 3.62. The Morgan fingerprint density at radius 1 is 1.14 bits per heavy atom. The van der Waals surface area contributed by atoms with E-state index in [1.54, 1.807) is 4.57 Å². The number of anilines is 1. The van der Waals surface area contributed by atoms with E-state index in [1.165, 1.54) is 19.2 Å². The lowest BCUT2D eigenvalue weighted by Gasteiger charge is -2.25. The summed E-state index contributed by atoms with van der Waals surface area (Å²) in [5.41, 5.74) is 0.992. The summed E-state index contributed by atoms with van der Waals surface area (Å²) in [5.74, 6) is 7.62. The molecule has 0 radical (unpaired) electrons. The summed E-state index contributed by atoms with van der Waals surface area (Å²) >= 11 is 0. The third kappa shape index (κ3) is 4.68. The van der Waals surface area contributed by atoms with Gasteiger partial charge in [-0.05, 0) is 30.9 Å². The average molecular weight is 480 g/mol. The van der Waals surface area contributed by atoms with Crippen LogP contribution in [0.15, 0.2) is 36.7 Å². The Bertz CT molecular complexity index is 1220. The number of imidazole rings is 1. The predicted octanol–water partition coefficient (Wildman–Crippen LogP) is 1.25. The molecule has 35 heavy (non-hydrogen) atoms. The second-order valence-corrected chi connectivity index (χ2v) is 8.88. The van der Waals surface area contributed by atoms with E-state index in [1.807, 2.05) is 37.4 Å². The van der Waals surface area contributed by atoms with Crippen molar-refractivity contribution in [3.05, 3.63) is 42.5 Å². The lowest BCUT2D eigenvalue weighted by molar-refractivity contribution is -0.0511. The SMILES string of the molecule is CN(c1nc(C#CCOc2ccccc2)nc2c1ncn2[C@@H]1O[C@H](CO)[C@@H](O)[C@H]1O)C1CCCC1. The minimum Gasteiger partial charge on any atom is -0.481 e. The minimum atomic E-state index is -1.25. The van der Waals surface area contributed by atoms with Gasteiger partial charge in [0.05, 0.1) is 12.9 Å². The van der Waals surface area contributed by atoms with Crippen LogP contribution in [0, 0.1) is 11.8 Å². The maximum Gasteiger partial charge on any atom is 0.209 e. The molecule has 2 fully saturated rings. The molecule has 1 aliphatic carbocycles. The van der Waals surface area contributed by atoms with Crippen molar-refractivity contribution in [2.24, 2.45) is 0 Å². The largest absolute Gasteiger partial charge is 0.481 e. The van der Waals surface area contributed by atoms with Crippen LogP contribution in [0.25, 0.3) is 11.2 Å². The van der Waals surface area contributed by atoms with Crippen molar-refractivity contribution >= 4 is 17.0 Å². The number of aromatic nitrogens is 4. The number of para-hydroxylation sites is 1. The molecule has 1 aliphatic heterocycles. The third-order valence-electron chi connectivity index (χ3n) is 6.66.